The lowest BCUT2D eigenvalue weighted by molar-refractivity contribution is -0.140. The SMILES string of the molecule is O=C(CC1(C(=O)Nc2cncc3ccccc23)CCOc2ccc(Cl)cc21)N1CCCCC1c1cn[nH]c1. The zero-order chi connectivity index (χ0) is 26.1. The van der Waals surface area contributed by atoms with Crippen LogP contribution in [-0.4, -0.2) is 45.0 Å². The summed E-state index contributed by atoms with van der Waals surface area (Å²) in [6.07, 6.45) is 10.2. The molecule has 2 N–H and O–H groups in total. The molecule has 2 unspecified atom stereocenters. The van der Waals surface area contributed by atoms with Gasteiger partial charge in [-0.3, -0.25) is 19.7 Å². The van der Waals surface area contributed by atoms with E-state index in [1.54, 1.807) is 36.8 Å². The first kappa shape index (κ1) is 24.4. The van der Waals surface area contributed by atoms with Crippen LogP contribution in [0.3, 0.4) is 0 Å². The molecule has 0 bridgehead atoms. The zero-order valence-corrected chi connectivity index (χ0v) is 21.6. The number of H-pyrrole nitrogens is 1. The molecule has 194 valence electrons. The molecule has 2 atom stereocenters. The highest BCUT2D eigenvalue weighted by atomic mass is 35.5. The molecular weight excluding hydrogens is 502 g/mol. The molecule has 9 heteroatoms. The average molecular weight is 530 g/mol. The maximum absolute atomic E-state index is 14.3. The summed E-state index contributed by atoms with van der Waals surface area (Å²) in [6.45, 7) is 0.951. The van der Waals surface area contributed by atoms with E-state index in [-0.39, 0.29) is 24.3 Å². The highest BCUT2D eigenvalue weighted by molar-refractivity contribution is 6.30. The van der Waals surface area contributed by atoms with Gasteiger partial charge in [0.25, 0.3) is 0 Å². The van der Waals surface area contributed by atoms with Crippen molar-refractivity contribution in [1.82, 2.24) is 20.1 Å². The lowest BCUT2D eigenvalue weighted by Gasteiger charge is -2.41. The van der Waals surface area contributed by atoms with E-state index >= 15 is 0 Å². The first-order valence-electron chi connectivity index (χ1n) is 12.9. The van der Waals surface area contributed by atoms with Gasteiger partial charge in [0.05, 0.1) is 36.1 Å². The number of piperidine rings is 1. The Morgan fingerprint density at radius 3 is 2.92 bits per heavy atom. The fraction of sp³-hybridized carbons (Fsp3) is 0.310. The lowest BCUT2D eigenvalue weighted by atomic mass is 9.72. The van der Waals surface area contributed by atoms with Crippen LogP contribution in [0.25, 0.3) is 10.8 Å². The van der Waals surface area contributed by atoms with Crippen molar-refractivity contribution >= 4 is 39.9 Å². The molecule has 2 aliphatic heterocycles. The second kappa shape index (κ2) is 10.1. The van der Waals surface area contributed by atoms with Gasteiger partial charge >= 0.3 is 0 Å². The Morgan fingerprint density at radius 2 is 2.05 bits per heavy atom. The summed E-state index contributed by atoms with van der Waals surface area (Å²) in [5, 5.41) is 12.4. The van der Waals surface area contributed by atoms with Crippen LogP contribution < -0.4 is 10.1 Å². The smallest absolute Gasteiger partial charge is 0.235 e. The maximum atomic E-state index is 14.3. The Hall–Kier alpha value is -3.91. The number of anilines is 1. The Balaban J connectivity index is 1.39. The number of aromatic amines is 1. The number of hydrogen-bond acceptors (Lipinski definition) is 5. The molecule has 4 heterocycles. The van der Waals surface area contributed by atoms with Crippen LogP contribution in [0.5, 0.6) is 5.75 Å². The number of halogens is 1. The predicted octanol–water partition coefficient (Wildman–Crippen LogP) is 5.41. The van der Waals surface area contributed by atoms with Crippen molar-refractivity contribution in [1.29, 1.82) is 0 Å². The van der Waals surface area contributed by atoms with Gasteiger partial charge in [0.1, 0.15) is 5.75 Å². The number of aromatic nitrogens is 3. The number of hydrogen-bond donors (Lipinski definition) is 2. The number of carbonyl (C=O) groups is 2. The molecule has 2 aromatic carbocycles. The van der Waals surface area contributed by atoms with Crippen molar-refractivity contribution in [2.45, 2.75) is 43.6 Å². The first-order chi connectivity index (χ1) is 18.5. The number of fused-ring (bicyclic) bond motifs is 2. The van der Waals surface area contributed by atoms with E-state index < -0.39 is 5.41 Å². The van der Waals surface area contributed by atoms with E-state index in [0.717, 1.165) is 35.6 Å². The van der Waals surface area contributed by atoms with Crippen molar-refractivity contribution in [3.63, 3.8) is 0 Å². The van der Waals surface area contributed by atoms with Crippen LogP contribution in [0, 0.1) is 0 Å². The second-order valence-corrected chi connectivity index (χ2v) is 10.4. The van der Waals surface area contributed by atoms with Gasteiger partial charge < -0.3 is 15.0 Å². The number of ether oxygens (including phenoxy) is 1. The standard InChI is InChI=1S/C29H28ClN5O3/c30-21-8-9-26-23(13-21)29(10-12-38-26,28(37)34-24-18-31-15-19-5-1-2-6-22(19)24)14-27(36)35-11-4-3-7-25(35)20-16-32-33-17-20/h1-2,5-6,8-9,13,15-18,25H,3-4,7,10-12,14H2,(H,32,33)(H,34,37). The molecule has 8 nitrogen and oxygen atoms in total. The normalized spacial score (nSPS) is 21.0. The molecule has 0 radical (unpaired) electrons. The van der Waals surface area contributed by atoms with Crippen LogP contribution >= 0.6 is 11.6 Å². The van der Waals surface area contributed by atoms with Gasteiger partial charge in [0.15, 0.2) is 0 Å². The van der Waals surface area contributed by atoms with Gasteiger partial charge in [-0.25, -0.2) is 0 Å². The van der Waals surface area contributed by atoms with Crippen molar-refractivity contribution in [2.24, 2.45) is 0 Å². The molecule has 38 heavy (non-hydrogen) atoms. The summed E-state index contributed by atoms with van der Waals surface area (Å²) in [6, 6.07) is 13.0. The van der Waals surface area contributed by atoms with E-state index in [9.17, 15) is 9.59 Å². The average Bonchev–Trinajstić information content (AvgIpc) is 3.48. The van der Waals surface area contributed by atoms with Gasteiger partial charge in [0, 0.05) is 58.7 Å². The van der Waals surface area contributed by atoms with Crippen molar-refractivity contribution in [3.05, 3.63) is 83.4 Å². The van der Waals surface area contributed by atoms with Crippen molar-refractivity contribution in [3.8, 4) is 5.75 Å². The number of nitrogens with zero attached hydrogens (tertiary/aromatic N) is 3. The summed E-state index contributed by atoms with van der Waals surface area (Å²) in [7, 11) is 0. The third-order valence-corrected chi connectivity index (χ3v) is 8.01. The molecule has 2 aromatic heterocycles. The van der Waals surface area contributed by atoms with Crippen LogP contribution in [0.2, 0.25) is 5.02 Å². The van der Waals surface area contributed by atoms with E-state index in [0.29, 0.717) is 41.6 Å². The molecule has 2 aliphatic rings. The summed E-state index contributed by atoms with van der Waals surface area (Å²) in [5.41, 5.74) is 1.05. The quantitative estimate of drug-likeness (QED) is 0.360. The van der Waals surface area contributed by atoms with E-state index in [1.165, 1.54) is 0 Å². The zero-order valence-electron chi connectivity index (χ0n) is 20.8. The number of benzene rings is 2. The fourth-order valence-electron chi connectivity index (χ4n) is 5.81. The van der Waals surface area contributed by atoms with Gasteiger partial charge in [-0.15, -0.1) is 0 Å². The van der Waals surface area contributed by atoms with E-state index in [2.05, 4.69) is 20.5 Å². The summed E-state index contributed by atoms with van der Waals surface area (Å²) in [5.74, 6) is 0.229. The number of amides is 2. The van der Waals surface area contributed by atoms with Gasteiger partial charge in [0.2, 0.25) is 11.8 Å². The lowest BCUT2D eigenvalue weighted by Crippen LogP contribution is -2.49. The third-order valence-electron chi connectivity index (χ3n) is 7.77. The van der Waals surface area contributed by atoms with Gasteiger partial charge in [-0.05, 0) is 37.5 Å². The minimum Gasteiger partial charge on any atom is -0.493 e. The van der Waals surface area contributed by atoms with Gasteiger partial charge in [-0.1, -0.05) is 35.9 Å². The molecule has 0 saturated carbocycles. The highest BCUT2D eigenvalue weighted by Gasteiger charge is 2.48. The molecule has 4 aromatic rings. The van der Waals surface area contributed by atoms with Crippen LogP contribution in [0.15, 0.2) is 67.3 Å². The predicted molar refractivity (Wildman–Crippen MR) is 145 cm³/mol. The number of carbonyl (C=O) groups excluding carboxylic acids is 2. The van der Waals surface area contributed by atoms with Crippen LogP contribution in [0.4, 0.5) is 5.69 Å². The molecule has 0 aliphatic carbocycles. The first-order valence-corrected chi connectivity index (χ1v) is 13.3. The highest BCUT2D eigenvalue weighted by Crippen LogP contribution is 2.45. The maximum Gasteiger partial charge on any atom is 0.235 e. The molecule has 2 amide bonds. The van der Waals surface area contributed by atoms with E-state index in [1.807, 2.05) is 35.4 Å². The Labute approximate surface area is 225 Å². The minimum atomic E-state index is -1.16. The number of pyridine rings is 1. The topological polar surface area (TPSA) is 100 Å². The molecule has 0 spiro atoms. The van der Waals surface area contributed by atoms with Crippen molar-refractivity contribution < 1.29 is 14.3 Å². The van der Waals surface area contributed by atoms with Crippen LogP contribution in [0.1, 0.15) is 49.3 Å². The Morgan fingerprint density at radius 1 is 1.16 bits per heavy atom. The molecule has 1 fully saturated rings. The fourth-order valence-corrected chi connectivity index (χ4v) is 5.98. The van der Waals surface area contributed by atoms with Gasteiger partial charge in [-0.2, -0.15) is 5.10 Å². The largest absolute Gasteiger partial charge is 0.493 e. The Kier molecular flexibility index (Phi) is 6.49. The molecular formula is C29H28ClN5O3. The second-order valence-electron chi connectivity index (χ2n) is 9.99. The Bertz CT molecular complexity index is 1490. The van der Waals surface area contributed by atoms with Crippen molar-refractivity contribution in [2.75, 3.05) is 18.5 Å². The summed E-state index contributed by atoms with van der Waals surface area (Å²) < 4.78 is 5.92. The molecule has 6 rings (SSSR count). The third kappa shape index (κ3) is 4.39. The summed E-state index contributed by atoms with van der Waals surface area (Å²) in [4.78, 5) is 34.6. The summed E-state index contributed by atoms with van der Waals surface area (Å²) >= 11 is 6.42. The monoisotopic (exact) mass is 529 g/mol. The number of nitrogens with one attached hydrogen (secondary N) is 2. The van der Waals surface area contributed by atoms with Crippen LogP contribution in [-0.2, 0) is 15.0 Å². The van der Waals surface area contributed by atoms with E-state index in [4.69, 9.17) is 16.3 Å². The minimum absolute atomic E-state index is 0.00207. The number of likely N-dealkylation sites (tertiary alicyclic amines) is 1. The number of rotatable bonds is 5. The molecule has 1 saturated heterocycles.